The Bertz CT molecular complexity index is 569. The summed E-state index contributed by atoms with van der Waals surface area (Å²) in [6.07, 6.45) is 3.80. The molecule has 3 rings (SSSR count). The second kappa shape index (κ2) is 6.52. The summed E-state index contributed by atoms with van der Waals surface area (Å²) in [4.78, 5) is 38.9. The summed E-state index contributed by atoms with van der Waals surface area (Å²) >= 11 is 0. The van der Waals surface area contributed by atoms with Gasteiger partial charge in [0.15, 0.2) is 0 Å². The first-order chi connectivity index (χ1) is 11.1. The van der Waals surface area contributed by atoms with Crippen molar-refractivity contribution >= 4 is 17.8 Å². The van der Waals surface area contributed by atoms with E-state index in [1.807, 2.05) is 18.7 Å². The molecule has 3 heterocycles. The number of hydrogen-bond donors (Lipinski definition) is 0. The van der Waals surface area contributed by atoms with E-state index in [0.717, 1.165) is 13.1 Å². The minimum atomic E-state index is -0.190. The number of hydrogen-bond acceptors (Lipinski definition) is 5. The number of carbonyl (C=O) groups excluding carboxylic acids is 2. The summed E-state index contributed by atoms with van der Waals surface area (Å²) in [5.41, 5.74) is 0. The number of likely N-dealkylation sites (tertiary alicyclic amines) is 1. The number of nitrogens with zero attached hydrogens (tertiary/aromatic N) is 5. The SMILES string of the molecule is CC(C)N1C[C@H](C(=O)N2CCN(c3ncccn3)CC2)CC1=O. The second-order valence-corrected chi connectivity index (χ2v) is 6.40. The van der Waals surface area contributed by atoms with Crippen LogP contribution in [0.5, 0.6) is 0 Å². The van der Waals surface area contributed by atoms with Crippen LogP contribution in [0.4, 0.5) is 5.95 Å². The van der Waals surface area contributed by atoms with Crippen LogP contribution in [0.25, 0.3) is 0 Å². The van der Waals surface area contributed by atoms with Gasteiger partial charge >= 0.3 is 0 Å². The van der Waals surface area contributed by atoms with Crippen LogP contribution >= 0.6 is 0 Å². The van der Waals surface area contributed by atoms with Crippen molar-refractivity contribution in [3.63, 3.8) is 0 Å². The predicted octanol–water partition coefficient (Wildman–Crippen LogP) is 0.382. The van der Waals surface area contributed by atoms with Crippen molar-refractivity contribution in [2.45, 2.75) is 26.3 Å². The van der Waals surface area contributed by atoms with Crippen LogP contribution in [0.2, 0.25) is 0 Å². The number of aromatic nitrogens is 2. The van der Waals surface area contributed by atoms with Gasteiger partial charge in [-0.05, 0) is 19.9 Å². The molecule has 0 bridgehead atoms. The van der Waals surface area contributed by atoms with Gasteiger partial charge in [-0.15, -0.1) is 0 Å². The molecule has 1 aromatic rings. The average molecular weight is 317 g/mol. The van der Waals surface area contributed by atoms with Crippen LogP contribution in [0.3, 0.4) is 0 Å². The minimum Gasteiger partial charge on any atom is -0.339 e. The van der Waals surface area contributed by atoms with Gasteiger partial charge in [0.05, 0.1) is 5.92 Å². The van der Waals surface area contributed by atoms with Gasteiger partial charge in [0.1, 0.15) is 0 Å². The maximum atomic E-state index is 12.7. The Balaban J connectivity index is 1.56. The molecule has 2 saturated heterocycles. The van der Waals surface area contributed by atoms with Crippen molar-refractivity contribution in [3.8, 4) is 0 Å². The van der Waals surface area contributed by atoms with E-state index in [9.17, 15) is 9.59 Å². The zero-order valence-corrected chi connectivity index (χ0v) is 13.7. The van der Waals surface area contributed by atoms with Crippen molar-refractivity contribution in [1.82, 2.24) is 19.8 Å². The Labute approximate surface area is 136 Å². The van der Waals surface area contributed by atoms with E-state index in [-0.39, 0.29) is 23.8 Å². The van der Waals surface area contributed by atoms with Crippen molar-refractivity contribution in [2.24, 2.45) is 5.92 Å². The number of rotatable bonds is 3. The average Bonchev–Trinajstić information content (AvgIpc) is 2.97. The lowest BCUT2D eigenvalue weighted by Crippen LogP contribution is -2.51. The zero-order valence-electron chi connectivity index (χ0n) is 13.7. The third-order valence-electron chi connectivity index (χ3n) is 4.56. The molecule has 0 spiro atoms. The molecule has 2 fully saturated rings. The third kappa shape index (κ3) is 3.28. The largest absolute Gasteiger partial charge is 0.339 e. The monoisotopic (exact) mass is 317 g/mol. The Morgan fingerprint density at radius 1 is 1.17 bits per heavy atom. The van der Waals surface area contributed by atoms with E-state index in [1.165, 1.54) is 0 Å². The highest BCUT2D eigenvalue weighted by Crippen LogP contribution is 2.23. The van der Waals surface area contributed by atoms with E-state index >= 15 is 0 Å². The van der Waals surface area contributed by atoms with E-state index < -0.39 is 0 Å². The predicted molar refractivity (Wildman–Crippen MR) is 85.8 cm³/mol. The standard InChI is InChI=1S/C16H23N5O2/c1-12(2)21-11-13(10-14(21)22)15(23)19-6-8-20(9-7-19)16-17-4-3-5-18-16/h3-5,12-13H,6-11H2,1-2H3/t13-/m1/s1. The molecule has 2 aliphatic rings. The van der Waals surface area contributed by atoms with Gasteiger partial charge in [0.25, 0.3) is 0 Å². The van der Waals surface area contributed by atoms with E-state index in [4.69, 9.17) is 0 Å². The van der Waals surface area contributed by atoms with Crippen molar-refractivity contribution in [2.75, 3.05) is 37.6 Å². The summed E-state index contributed by atoms with van der Waals surface area (Å²) in [6, 6.07) is 1.95. The Morgan fingerprint density at radius 3 is 2.39 bits per heavy atom. The Hall–Kier alpha value is -2.18. The van der Waals surface area contributed by atoms with Gasteiger partial charge in [0.2, 0.25) is 17.8 Å². The fourth-order valence-corrected chi connectivity index (χ4v) is 3.24. The normalized spacial score (nSPS) is 22.1. The molecule has 0 aromatic carbocycles. The molecule has 23 heavy (non-hydrogen) atoms. The fourth-order valence-electron chi connectivity index (χ4n) is 3.24. The molecule has 124 valence electrons. The van der Waals surface area contributed by atoms with Gasteiger partial charge in [0, 0.05) is 57.6 Å². The van der Waals surface area contributed by atoms with Crippen LogP contribution in [0, 0.1) is 5.92 Å². The molecule has 1 atom stereocenters. The topological polar surface area (TPSA) is 69.6 Å². The zero-order chi connectivity index (χ0) is 16.4. The molecule has 0 N–H and O–H groups in total. The molecular formula is C16H23N5O2. The Morgan fingerprint density at radius 2 is 1.83 bits per heavy atom. The van der Waals surface area contributed by atoms with Crippen molar-refractivity contribution in [3.05, 3.63) is 18.5 Å². The third-order valence-corrected chi connectivity index (χ3v) is 4.56. The second-order valence-electron chi connectivity index (χ2n) is 6.40. The smallest absolute Gasteiger partial charge is 0.228 e. The summed E-state index contributed by atoms with van der Waals surface area (Å²) < 4.78 is 0. The van der Waals surface area contributed by atoms with Crippen LogP contribution in [0.15, 0.2) is 18.5 Å². The lowest BCUT2D eigenvalue weighted by molar-refractivity contribution is -0.136. The molecule has 7 heteroatoms. The molecule has 0 unspecified atom stereocenters. The van der Waals surface area contributed by atoms with Crippen LogP contribution in [0.1, 0.15) is 20.3 Å². The van der Waals surface area contributed by atoms with Crippen LogP contribution in [-0.4, -0.2) is 70.3 Å². The number of piperazine rings is 1. The first-order valence-electron chi connectivity index (χ1n) is 8.16. The summed E-state index contributed by atoms with van der Waals surface area (Å²) in [5, 5.41) is 0. The quantitative estimate of drug-likeness (QED) is 0.806. The highest BCUT2D eigenvalue weighted by molar-refractivity contribution is 5.89. The van der Waals surface area contributed by atoms with Gasteiger partial charge < -0.3 is 14.7 Å². The molecule has 2 aliphatic heterocycles. The number of anilines is 1. The van der Waals surface area contributed by atoms with Crippen LogP contribution in [-0.2, 0) is 9.59 Å². The maximum absolute atomic E-state index is 12.7. The first-order valence-corrected chi connectivity index (χ1v) is 8.16. The highest BCUT2D eigenvalue weighted by atomic mass is 16.2. The summed E-state index contributed by atoms with van der Waals surface area (Å²) in [5.74, 6) is 0.718. The van der Waals surface area contributed by atoms with Gasteiger partial charge in [-0.25, -0.2) is 9.97 Å². The van der Waals surface area contributed by atoms with Crippen molar-refractivity contribution < 1.29 is 9.59 Å². The molecule has 0 saturated carbocycles. The molecule has 0 aliphatic carbocycles. The summed E-state index contributed by atoms with van der Waals surface area (Å²) in [7, 11) is 0. The molecule has 2 amide bonds. The molecule has 0 radical (unpaired) electrons. The van der Waals surface area contributed by atoms with Gasteiger partial charge in [-0.3, -0.25) is 9.59 Å². The molecule has 1 aromatic heterocycles. The lowest BCUT2D eigenvalue weighted by atomic mass is 10.1. The maximum Gasteiger partial charge on any atom is 0.228 e. The van der Waals surface area contributed by atoms with Gasteiger partial charge in [-0.2, -0.15) is 0 Å². The molecular weight excluding hydrogens is 294 g/mol. The lowest BCUT2D eigenvalue weighted by Gasteiger charge is -2.35. The van der Waals surface area contributed by atoms with E-state index in [0.29, 0.717) is 32.0 Å². The Kier molecular flexibility index (Phi) is 4.45. The number of amides is 2. The van der Waals surface area contributed by atoms with Crippen molar-refractivity contribution in [1.29, 1.82) is 0 Å². The fraction of sp³-hybridized carbons (Fsp3) is 0.625. The van der Waals surface area contributed by atoms with E-state index in [1.54, 1.807) is 23.4 Å². The van der Waals surface area contributed by atoms with Crippen LogP contribution < -0.4 is 4.90 Å². The van der Waals surface area contributed by atoms with Gasteiger partial charge in [-0.1, -0.05) is 0 Å². The van der Waals surface area contributed by atoms with E-state index in [2.05, 4.69) is 14.9 Å². The molecule has 7 nitrogen and oxygen atoms in total. The first kappa shape index (κ1) is 15.7. The number of carbonyl (C=O) groups is 2. The summed E-state index contributed by atoms with van der Waals surface area (Å²) in [6.45, 7) is 7.30. The highest BCUT2D eigenvalue weighted by Gasteiger charge is 2.38. The minimum absolute atomic E-state index is 0.0923.